The summed E-state index contributed by atoms with van der Waals surface area (Å²) in [4.78, 5) is 23.6. The van der Waals surface area contributed by atoms with Crippen molar-refractivity contribution in [2.75, 3.05) is 7.11 Å². The third-order valence-electron chi connectivity index (χ3n) is 8.21. The van der Waals surface area contributed by atoms with Gasteiger partial charge in [0.05, 0.1) is 13.2 Å². The van der Waals surface area contributed by atoms with Crippen molar-refractivity contribution in [3.63, 3.8) is 0 Å². The Balaban J connectivity index is 1.64. The molecular weight excluding hydrogens is 332 g/mol. The Morgan fingerprint density at radius 2 is 2.00 bits per heavy atom. The number of ketones is 1. The first-order valence-corrected chi connectivity index (χ1v) is 9.96. The zero-order valence-electron chi connectivity index (χ0n) is 16.0. The molecule has 4 aliphatic rings. The number of carbonyl (C=O) groups is 2. The Labute approximate surface area is 155 Å². The molecule has 0 unspecified atom stereocenters. The molecule has 0 aliphatic heterocycles. The average molecular weight is 362 g/mol. The van der Waals surface area contributed by atoms with E-state index in [1.165, 1.54) is 12.7 Å². The van der Waals surface area contributed by atoms with Crippen LogP contribution in [-0.2, 0) is 14.3 Å². The quantitative estimate of drug-likeness (QED) is 0.721. The lowest BCUT2D eigenvalue weighted by molar-refractivity contribution is -0.145. The van der Waals surface area contributed by atoms with Gasteiger partial charge >= 0.3 is 6.16 Å². The lowest BCUT2D eigenvalue weighted by atomic mass is 9.46. The Morgan fingerprint density at radius 1 is 1.23 bits per heavy atom. The molecule has 0 bridgehead atoms. The van der Waals surface area contributed by atoms with E-state index in [0.717, 1.165) is 32.1 Å². The molecule has 0 aromatic rings. The molecule has 5 nitrogen and oxygen atoms in total. The highest BCUT2D eigenvalue weighted by Crippen LogP contribution is 2.65. The van der Waals surface area contributed by atoms with Crippen molar-refractivity contribution >= 4 is 11.9 Å². The van der Waals surface area contributed by atoms with E-state index < -0.39 is 12.3 Å². The van der Waals surface area contributed by atoms with Crippen LogP contribution in [0.5, 0.6) is 0 Å². The van der Waals surface area contributed by atoms with Crippen molar-refractivity contribution < 1.29 is 24.2 Å². The van der Waals surface area contributed by atoms with E-state index in [9.17, 15) is 14.7 Å². The minimum absolute atomic E-state index is 0.0706. The smallest absolute Gasteiger partial charge is 0.438 e. The maximum absolute atomic E-state index is 11.9. The second-order valence-electron chi connectivity index (χ2n) is 9.30. The number of ether oxygens (including phenoxy) is 2. The van der Waals surface area contributed by atoms with Gasteiger partial charge < -0.3 is 14.6 Å². The van der Waals surface area contributed by atoms with Crippen LogP contribution >= 0.6 is 0 Å². The topological polar surface area (TPSA) is 72.8 Å². The number of fused-ring (bicyclic) bond motifs is 5. The highest BCUT2D eigenvalue weighted by molar-refractivity contribution is 5.91. The molecule has 3 fully saturated rings. The van der Waals surface area contributed by atoms with Crippen LogP contribution < -0.4 is 0 Å². The predicted octanol–water partition coefficient (Wildman–Crippen LogP) is 3.64. The normalized spacial score (nSPS) is 47.3. The summed E-state index contributed by atoms with van der Waals surface area (Å²) in [6, 6.07) is 0. The van der Waals surface area contributed by atoms with Gasteiger partial charge in [-0.3, -0.25) is 4.79 Å². The SMILES string of the molecule is COC(=O)O[C@@H]1CC[C@H]2[C@@H]3CCC4=CC(=O)CC[C@]4(C)[C@H]3[C@@H](O)C[C@]12C. The molecule has 0 aromatic carbocycles. The van der Waals surface area contributed by atoms with Crippen LogP contribution in [0.4, 0.5) is 4.79 Å². The second-order valence-corrected chi connectivity index (χ2v) is 9.30. The van der Waals surface area contributed by atoms with Crippen molar-refractivity contribution in [1.29, 1.82) is 0 Å². The van der Waals surface area contributed by atoms with Gasteiger partial charge in [-0.1, -0.05) is 19.4 Å². The minimum Gasteiger partial charge on any atom is -0.438 e. The number of rotatable bonds is 1. The van der Waals surface area contributed by atoms with Gasteiger partial charge in [-0.2, -0.15) is 0 Å². The summed E-state index contributed by atoms with van der Waals surface area (Å²) < 4.78 is 10.3. The first-order chi connectivity index (χ1) is 12.3. The van der Waals surface area contributed by atoms with E-state index in [-0.39, 0.29) is 28.6 Å². The zero-order valence-corrected chi connectivity index (χ0v) is 16.0. The van der Waals surface area contributed by atoms with Crippen LogP contribution in [-0.4, -0.2) is 36.4 Å². The zero-order chi connectivity index (χ0) is 18.7. The van der Waals surface area contributed by atoms with E-state index in [1.807, 2.05) is 6.08 Å². The minimum atomic E-state index is -0.625. The van der Waals surface area contributed by atoms with E-state index in [0.29, 0.717) is 24.7 Å². The second kappa shape index (κ2) is 6.08. The van der Waals surface area contributed by atoms with Gasteiger partial charge in [0.15, 0.2) is 5.78 Å². The van der Waals surface area contributed by atoms with E-state index in [4.69, 9.17) is 9.47 Å². The number of allylic oxidation sites excluding steroid dienone is 1. The monoisotopic (exact) mass is 362 g/mol. The van der Waals surface area contributed by atoms with Crippen molar-refractivity contribution in [3.05, 3.63) is 11.6 Å². The van der Waals surface area contributed by atoms with Crippen LogP contribution in [0.15, 0.2) is 11.6 Å². The summed E-state index contributed by atoms with van der Waals surface area (Å²) in [5.41, 5.74) is 0.980. The summed E-state index contributed by atoms with van der Waals surface area (Å²) in [6.45, 7) is 4.43. The molecule has 3 saturated carbocycles. The molecule has 0 radical (unpaired) electrons. The molecule has 0 amide bonds. The molecule has 0 spiro atoms. The van der Waals surface area contributed by atoms with Crippen molar-refractivity contribution in [2.24, 2.45) is 28.6 Å². The van der Waals surface area contributed by atoms with Gasteiger partial charge in [0.1, 0.15) is 6.10 Å². The highest BCUT2D eigenvalue weighted by atomic mass is 16.7. The summed E-state index contributed by atoms with van der Waals surface area (Å²) >= 11 is 0. The van der Waals surface area contributed by atoms with Gasteiger partial charge in [-0.25, -0.2) is 4.79 Å². The fourth-order valence-electron chi connectivity index (χ4n) is 7.00. The molecule has 4 rings (SSSR count). The molecule has 5 heteroatoms. The Morgan fingerprint density at radius 3 is 2.73 bits per heavy atom. The fourth-order valence-corrected chi connectivity index (χ4v) is 7.00. The van der Waals surface area contributed by atoms with Gasteiger partial charge in [0.2, 0.25) is 0 Å². The van der Waals surface area contributed by atoms with Gasteiger partial charge in [0, 0.05) is 11.8 Å². The molecule has 26 heavy (non-hydrogen) atoms. The number of hydrogen-bond donors (Lipinski definition) is 1. The summed E-state index contributed by atoms with van der Waals surface area (Å²) in [5.74, 6) is 1.30. The molecule has 144 valence electrons. The Hall–Kier alpha value is -1.36. The predicted molar refractivity (Wildman–Crippen MR) is 95.4 cm³/mol. The van der Waals surface area contributed by atoms with E-state index >= 15 is 0 Å². The van der Waals surface area contributed by atoms with Crippen molar-refractivity contribution in [3.8, 4) is 0 Å². The van der Waals surface area contributed by atoms with E-state index in [2.05, 4.69) is 13.8 Å². The van der Waals surface area contributed by atoms with Crippen LogP contribution in [0.2, 0.25) is 0 Å². The van der Waals surface area contributed by atoms with Gasteiger partial charge in [-0.15, -0.1) is 0 Å². The molecule has 7 atom stereocenters. The third kappa shape index (κ3) is 2.46. The van der Waals surface area contributed by atoms with E-state index in [1.54, 1.807) is 0 Å². The highest BCUT2D eigenvalue weighted by Gasteiger charge is 2.62. The van der Waals surface area contributed by atoms with Gasteiger partial charge in [0.25, 0.3) is 0 Å². The molecule has 0 aromatic heterocycles. The number of hydrogen-bond acceptors (Lipinski definition) is 5. The molecule has 4 aliphatic carbocycles. The Bertz CT molecular complexity index is 655. The lowest BCUT2D eigenvalue weighted by Crippen LogP contribution is -2.57. The van der Waals surface area contributed by atoms with Crippen LogP contribution in [0, 0.1) is 28.6 Å². The summed E-state index contributed by atoms with van der Waals surface area (Å²) in [5, 5.41) is 11.2. The molecular formula is C21H30O5. The third-order valence-corrected chi connectivity index (χ3v) is 8.21. The summed E-state index contributed by atoms with van der Waals surface area (Å²) in [7, 11) is 1.34. The number of aliphatic hydroxyl groups is 1. The fraction of sp³-hybridized carbons (Fsp3) is 0.810. The number of aliphatic hydroxyl groups excluding tert-OH is 1. The van der Waals surface area contributed by atoms with Crippen LogP contribution in [0.3, 0.4) is 0 Å². The number of methoxy groups -OCH3 is 1. The molecule has 1 N–H and O–H groups in total. The van der Waals surface area contributed by atoms with Crippen molar-refractivity contribution in [1.82, 2.24) is 0 Å². The molecule has 0 heterocycles. The molecule has 0 saturated heterocycles. The standard InChI is InChI=1S/C21H30O5/c1-20-9-8-13(22)10-12(20)4-5-14-15-6-7-17(26-19(24)25-3)21(15,2)11-16(23)18(14)20/h10,14-18,23H,4-9,11H2,1-3H3/t14-,15-,16-,17+,18+,20-,21-/m0/s1. The first kappa shape index (κ1) is 18.0. The van der Waals surface area contributed by atoms with Crippen LogP contribution in [0.25, 0.3) is 0 Å². The van der Waals surface area contributed by atoms with Crippen molar-refractivity contribution in [2.45, 2.75) is 71.0 Å². The van der Waals surface area contributed by atoms with Crippen LogP contribution in [0.1, 0.15) is 58.8 Å². The first-order valence-electron chi connectivity index (χ1n) is 9.96. The number of carbonyl (C=O) groups excluding carboxylic acids is 2. The van der Waals surface area contributed by atoms with Gasteiger partial charge in [-0.05, 0) is 67.8 Å². The summed E-state index contributed by atoms with van der Waals surface area (Å²) in [6.07, 6.45) is 6.54. The maximum Gasteiger partial charge on any atom is 0.508 e. The lowest BCUT2D eigenvalue weighted by Gasteiger charge is -2.59. The largest absolute Gasteiger partial charge is 0.508 e. The average Bonchev–Trinajstić information content (AvgIpc) is 2.91. The Kier molecular flexibility index (Phi) is 4.22. The maximum atomic E-state index is 11.9.